The van der Waals surface area contributed by atoms with Crippen molar-refractivity contribution in [1.29, 1.82) is 0 Å². The molecule has 0 radical (unpaired) electrons. The standard InChI is InChI=1S/C16H16N4O2S2/c1-2-22-13-5-3-12(4-6-13)20-9-7-18-16(20)24-11-14(21)19-15-17-8-10-23-15/h3-10H,2,11H2,1H3,(H,17,19,21). The van der Waals surface area contributed by atoms with Gasteiger partial charge < -0.3 is 10.1 Å². The number of thiazole rings is 1. The molecule has 1 N–H and O–H groups in total. The molecule has 24 heavy (non-hydrogen) atoms. The van der Waals surface area contributed by atoms with E-state index in [9.17, 15) is 4.79 Å². The minimum atomic E-state index is -0.101. The van der Waals surface area contributed by atoms with Gasteiger partial charge in [0.15, 0.2) is 10.3 Å². The Hall–Kier alpha value is -2.32. The summed E-state index contributed by atoms with van der Waals surface area (Å²) in [6, 6.07) is 7.77. The highest BCUT2D eigenvalue weighted by molar-refractivity contribution is 7.99. The first-order chi connectivity index (χ1) is 11.8. The molecule has 0 saturated carbocycles. The van der Waals surface area contributed by atoms with E-state index in [2.05, 4.69) is 15.3 Å². The van der Waals surface area contributed by atoms with Gasteiger partial charge in [0.1, 0.15) is 5.75 Å². The molecule has 124 valence electrons. The number of thioether (sulfide) groups is 1. The molecule has 1 aromatic carbocycles. The highest BCUT2D eigenvalue weighted by Crippen LogP contribution is 2.22. The molecule has 2 aromatic heterocycles. The van der Waals surface area contributed by atoms with E-state index in [1.165, 1.54) is 23.1 Å². The number of nitrogens with zero attached hydrogens (tertiary/aromatic N) is 3. The van der Waals surface area contributed by atoms with Crippen molar-refractivity contribution in [2.45, 2.75) is 12.1 Å². The first-order valence-electron chi connectivity index (χ1n) is 7.35. The van der Waals surface area contributed by atoms with Gasteiger partial charge >= 0.3 is 0 Å². The van der Waals surface area contributed by atoms with Crippen LogP contribution in [0.5, 0.6) is 5.75 Å². The Morgan fingerprint density at radius 1 is 1.29 bits per heavy atom. The van der Waals surface area contributed by atoms with Crippen LogP contribution in [-0.4, -0.2) is 32.8 Å². The van der Waals surface area contributed by atoms with Crippen molar-refractivity contribution >= 4 is 34.1 Å². The first kappa shape index (κ1) is 16.5. The third kappa shape index (κ3) is 4.15. The SMILES string of the molecule is CCOc1ccc(-n2ccnc2SCC(=O)Nc2nccs2)cc1. The molecule has 0 spiro atoms. The predicted molar refractivity (Wildman–Crippen MR) is 96.2 cm³/mol. The number of anilines is 1. The lowest BCUT2D eigenvalue weighted by atomic mass is 10.3. The van der Waals surface area contributed by atoms with Crippen molar-refractivity contribution in [3.8, 4) is 11.4 Å². The minimum absolute atomic E-state index is 0.101. The van der Waals surface area contributed by atoms with Gasteiger partial charge in [-0.25, -0.2) is 9.97 Å². The number of carbonyl (C=O) groups excluding carboxylic acids is 1. The van der Waals surface area contributed by atoms with Crippen molar-refractivity contribution in [1.82, 2.24) is 14.5 Å². The van der Waals surface area contributed by atoms with E-state index >= 15 is 0 Å². The number of nitrogens with one attached hydrogen (secondary N) is 1. The number of aromatic nitrogens is 3. The Kier molecular flexibility index (Phi) is 5.50. The largest absolute Gasteiger partial charge is 0.494 e. The number of imidazole rings is 1. The lowest BCUT2D eigenvalue weighted by Crippen LogP contribution is -2.14. The van der Waals surface area contributed by atoms with Crippen molar-refractivity contribution in [2.75, 3.05) is 17.7 Å². The zero-order valence-electron chi connectivity index (χ0n) is 13.0. The Bertz CT molecular complexity index is 785. The molecule has 8 heteroatoms. The minimum Gasteiger partial charge on any atom is -0.494 e. The number of rotatable bonds is 7. The molecule has 6 nitrogen and oxygen atoms in total. The quantitative estimate of drug-likeness (QED) is 0.654. The summed E-state index contributed by atoms with van der Waals surface area (Å²) < 4.78 is 7.39. The van der Waals surface area contributed by atoms with E-state index in [0.717, 1.165) is 16.6 Å². The van der Waals surface area contributed by atoms with Gasteiger partial charge in [0.2, 0.25) is 5.91 Å². The van der Waals surface area contributed by atoms with E-state index in [1.807, 2.05) is 47.3 Å². The van der Waals surface area contributed by atoms with Crippen LogP contribution < -0.4 is 10.1 Å². The summed E-state index contributed by atoms with van der Waals surface area (Å²) in [7, 11) is 0. The van der Waals surface area contributed by atoms with Crippen LogP contribution in [0.2, 0.25) is 0 Å². The number of ether oxygens (including phenoxy) is 1. The molecule has 3 aromatic rings. The second kappa shape index (κ2) is 7.98. The van der Waals surface area contributed by atoms with Gasteiger partial charge in [0.05, 0.1) is 12.4 Å². The monoisotopic (exact) mass is 360 g/mol. The summed E-state index contributed by atoms with van der Waals surface area (Å²) in [5, 5.41) is 5.94. The van der Waals surface area contributed by atoms with Crippen LogP contribution in [0.1, 0.15) is 6.92 Å². The van der Waals surface area contributed by atoms with Crippen LogP contribution in [0, 0.1) is 0 Å². The van der Waals surface area contributed by atoms with Crippen molar-refractivity contribution in [2.24, 2.45) is 0 Å². The van der Waals surface area contributed by atoms with E-state index < -0.39 is 0 Å². The lowest BCUT2D eigenvalue weighted by molar-refractivity contribution is -0.113. The Balaban J connectivity index is 1.63. The molecular formula is C16H16N4O2S2. The third-order valence-electron chi connectivity index (χ3n) is 3.04. The molecule has 0 aliphatic carbocycles. The highest BCUT2D eigenvalue weighted by atomic mass is 32.2. The second-order valence-corrected chi connectivity index (χ2v) is 6.52. The van der Waals surface area contributed by atoms with Crippen LogP contribution in [0.3, 0.4) is 0 Å². The Labute approximate surface area is 147 Å². The van der Waals surface area contributed by atoms with Gasteiger partial charge in [-0.1, -0.05) is 11.8 Å². The zero-order valence-corrected chi connectivity index (χ0v) is 14.6. The van der Waals surface area contributed by atoms with Crippen molar-refractivity contribution in [3.05, 3.63) is 48.2 Å². The molecule has 0 fully saturated rings. The van der Waals surface area contributed by atoms with Crippen LogP contribution in [-0.2, 0) is 4.79 Å². The van der Waals surface area contributed by atoms with Crippen molar-refractivity contribution in [3.63, 3.8) is 0 Å². The average Bonchev–Trinajstić information content (AvgIpc) is 3.25. The summed E-state index contributed by atoms with van der Waals surface area (Å²) in [6.45, 7) is 2.59. The summed E-state index contributed by atoms with van der Waals surface area (Å²) in [5.41, 5.74) is 0.971. The van der Waals surface area contributed by atoms with Crippen LogP contribution >= 0.6 is 23.1 Å². The van der Waals surface area contributed by atoms with E-state index in [4.69, 9.17) is 4.74 Å². The summed E-state index contributed by atoms with van der Waals surface area (Å²) in [5.74, 6) is 1.00. The Morgan fingerprint density at radius 3 is 2.83 bits per heavy atom. The van der Waals surface area contributed by atoms with E-state index in [1.54, 1.807) is 12.4 Å². The van der Waals surface area contributed by atoms with Gasteiger partial charge in [0, 0.05) is 29.7 Å². The van der Waals surface area contributed by atoms with Gasteiger partial charge in [-0.2, -0.15) is 0 Å². The normalized spacial score (nSPS) is 10.5. The highest BCUT2D eigenvalue weighted by Gasteiger charge is 2.10. The van der Waals surface area contributed by atoms with Gasteiger partial charge in [0.25, 0.3) is 0 Å². The van der Waals surface area contributed by atoms with Gasteiger partial charge in [-0.05, 0) is 31.2 Å². The zero-order chi connectivity index (χ0) is 16.8. The molecule has 0 atom stereocenters. The number of amides is 1. The molecule has 0 bridgehead atoms. The first-order valence-corrected chi connectivity index (χ1v) is 9.21. The van der Waals surface area contributed by atoms with E-state index in [0.29, 0.717) is 11.7 Å². The summed E-state index contributed by atoms with van der Waals surface area (Å²) in [4.78, 5) is 20.3. The average molecular weight is 360 g/mol. The Morgan fingerprint density at radius 2 is 2.12 bits per heavy atom. The van der Waals surface area contributed by atoms with Crippen LogP contribution in [0.25, 0.3) is 5.69 Å². The molecule has 2 heterocycles. The number of carbonyl (C=O) groups is 1. The molecule has 0 unspecified atom stereocenters. The van der Waals surface area contributed by atoms with Crippen LogP contribution in [0.15, 0.2) is 53.4 Å². The number of benzene rings is 1. The van der Waals surface area contributed by atoms with Gasteiger partial charge in [-0.3, -0.25) is 9.36 Å². The number of hydrogen-bond donors (Lipinski definition) is 1. The molecule has 0 saturated heterocycles. The smallest absolute Gasteiger partial charge is 0.236 e. The maximum atomic E-state index is 12.0. The fourth-order valence-corrected chi connectivity index (χ4v) is 3.35. The molecule has 0 aliphatic rings. The second-order valence-electron chi connectivity index (χ2n) is 4.68. The predicted octanol–water partition coefficient (Wildman–Crippen LogP) is 3.46. The topological polar surface area (TPSA) is 69.0 Å². The third-order valence-corrected chi connectivity index (χ3v) is 4.70. The van der Waals surface area contributed by atoms with Crippen LogP contribution in [0.4, 0.5) is 5.13 Å². The fourth-order valence-electron chi connectivity index (χ4n) is 2.03. The summed E-state index contributed by atoms with van der Waals surface area (Å²) in [6.07, 6.45) is 5.25. The maximum Gasteiger partial charge on any atom is 0.236 e. The van der Waals surface area contributed by atoms with Crippen molar-refractivity contribution < 1.29 is 9.53 Å². The summed E-state index contributed by atoms with van der Waals surface area (Å²) >= 11 is 2.77. The van der Waals surface area contributed by atoms with E-state index in [-0.39, 0.29) is 11.7 Å². The molecule has 1 amide bonds. The van der Waals surface area contributed by atoms with Gasteiger partial charge in [-0.15, -0.1) is 11.3 Å². The molecular weight excluding hydrogens is 344 g/mol. The fraction of sp³-hybridized carbons (Fsp3) is 0.188. The number of hydrogen-bond acceptors (Lipinski definition) is 6. The lowest BCUT2D eigenvalue weighted by Gasteiger charge is -2.09. The maximum absolute atomic E-state index is 12.0. The molecule has 3 rings (SSSR count). The molecule has 0 aliphatic heterocycles.